The van der Waals surface area contributed by atoms with Gasteiger partial charge in [0.15, 0.2) is 21.3 Å². The molecule has 7 nitrogen and oxygen atoms in total. The molecule has 1 aliphatic carbocycles. The van der Waals surface area contributed by atoms with E-state index in [1.807, 2.05) is 30.3 Å². The molecule has 1 fully saturated rings. The van der Waals surface area contributed by atoms with Gasteiger partial charge >= 0.3 is 0 Å². The minimum atomic E-state index is -3.26. The lowest BCUT2D eigenvalue weighted by atomic mass is 9.80. The average Bonchev–Trinajstić information content (AvgIpc) is 2.99. The molecule has 128 valence electrons. The van der Waals surface area contributed by atoms with Gasteiger partial charge in [-0.15, -0.1) is 0 Å². The molecule has 0 aliphatic heterocycles. The highest BCUT2D eigenvalue weighted by Gasteiger charge is 2.38. The third kappa shape index (κ3) is 3.49. The second-order valence-electron chi connectivity index (χ2n) is 6.14. The fourth-order valence-corrected chi connectivity index (χ4v) is 3.70. The van der Waals surface area contributed by atoms with Crippen LogP contribution in [0.5, 0.6) is 0 Å². The minimum Gasteiger partial charge on any atom is -0.355 e. The fourth-order valence-electron chi connectivity index (χ4n) is 2.78. The Morgan fingerprint density at radius 2 is 2.00 bits per heavy atom. The molecule has 0 spiro atoms. The number of nitrogens with two attached hydrogens (primary N) is 1. The summed E-state index contributed by atoms with van der Waals surface area (Å²) in [5, 5.41) is 5.74. The Bertz CT molecular complexity index is 826. The van der Waals surface area contributed by atoms with Crippen molar-refractivity contribution in [3.63, 3.8) is 0 Å². The Hall–Kier alpha value is -2.19. The van der Waals surface area contributed by atoms with Gasteiger partial charge < -0.3 is 15.6 Å². The summed E-state index contributed by atoms with van der Waals surface area (Å²) in [6.07, 6.45) is 2.22. The first-order chi connectivity index (χ1) is 11.3. The van der Waals surface area contributed by atoms with Gasteiger partial charge in [-0.2, -0.15) is 0 Å². The molecule has 1 aromatic carbocycles. The standard InChI is InChI=1S/C16H19N3O4S/c1-24(21,22)15(17)11-7-12(8-11)18-16(20)13-9-14(23-19-13)10-5-3-2-4-6-10/h2-6,9,11-12,15H,7-8,17H2,1H3,(H,18,20)/t11-,12+,15?. The Labute approximate surface area is 140 Å². The number of aromatic nitrogens is 1. The Kier molecular flexibility index (Phi) is 4.42. The van der Waals surface area contributed by atoms with Crippen molar-refractivity contribution in [1.82, 2.24) is 10.5 Å². The molecule has 1 atom stereocenters. The van der Waals surface area contributed by atoms with Crippen molar-refractivity contribution in [2.45, 2.75) is 24.3 Å². The maximum absolute atomic E-state index is 12.2. The van der Waals surface area contributed by atoms with Gasteiger partial charge in [0, 0.05) is 23.9 Å². The fraction of sp³-hybridized carbons (Fsp3) is 0.375. The maximum Gasteiger partial charge on any atom is 0.273 e. The molecule has 24 heavy (non-hydrogen) atoms. The molecule has 3 rings (SSSR count). The van der Waals surface area contributed by atoms with E-state index < -0.39 is 15.2 Å². The summed E-state index contributed by atoms with van der Waals surface area (Å²) in [4.78, 5) is 12.2. The molecule has 1 aromatic heterocycles. The van der Waals surface area contributed by atoms with Crippen LogP contribution in [0.1, 0.15) is 23.3 Å². The highest BCUT2D eigenvalue weighted by Crippen LogP contribution is 2.31. The number of amides is 1. The van der Waals surface area contributed by atoms with Crippen molar-refractivity contribution in [2.24, 2.45) is 11.7 Å². The maximum atomic E-state index is 12.2. The Balaban J connectivity index is 1.57. The van der Waals surface area contributed by atoms with E-state index in [1.165, 1.54) is 0 Å². The lowest BCUT2D eigenvalue weighted by Crippen LogP contribution is -2.52. The summed E-state index contributed by atoms with van der Waals surface area (Å²) in [6, 6.07) is 10.9. The van der Waals surface area contributed by atoms with Crippen LogP contribution in [0.25, 0.3) is 11.3 Å². The molecule has 0 radical (unpaired) electrons. The van der Waals surface area contributed by atoms with Crippen LogP contribution in [-0.4, -0.2) is 37.2 Å². The second kappa shape index (κ2) is 6.37. The number of hydrogen-bond acceptors (Lipinski definition) is 6. The molecular formula is C16H19N3O4S. The van der Waals surface area contributed by atoms with Gasteiger partial charge in [-0.05, 0) is 18.8 Å². The highest BCUT2D eigenvalue weighted by molar-refractivity contribution is 7.91. The van der Waals surface area contributed by atoms with Gasteiger partial charge in [-0.1, -0.05) is 35.5 Å². The molecule has 1 saturated carbocycles. The molecule has 1 amide bonds. The summed E-state index contributed by atoms with van der Waals surface area (Å²) in [5.74, 6) is 0.0612. The molecule has 1 heterocycles. The van der Waals surface area contributed by atoms with Crippen LogP contribution in [0, 0.1) is 5.92 Å². The smallest absolute Gasteiger partial charge is 0.273 e. The van der Waals surface area contributed by atoms with E-state index in [0.29, 0.717) is 18.6 Å². The normalized spacial score (nSPS) is 21.8. The number of rotatable bonds is 5. The van der Waals surface area contributed by atoms with Gasteiger partial charge in [0.25, 0.3) is 5.91 Å². The zero-order valence-electron chi connectivity index (χ0n) is 13.2. The quantitative estimate of drug-likeness (QED) is 0.837. The van der Waals surface area contributed by atoms with Crippen molar-refractivity contribution in [1.29, 1.82) is 0 Å². The highest BCUT2D eigenvalue weighted by atomic mass is 32.2. The number of carbonyl (C=O) groups excluding carboxylic acids is 1. The lowest BCUT2D eigenvalue weighted by Gasteiger charge is -2.38. The van der Waals surface area contributed by atoms with Crippen LogP contribution in [0.2, 0.25) is 0 Å². The number of hydrogen-bond donors (Lipinski definition) is 2. The average molecular weight is 349 g/mol. The first-order valence-corrected chi connectivity index (χ1v) is 9.57. The van der Waals surface area contributed by atoms with E-state index in [1.54, 1.807) is 6.07 Å². The van der Waals surface area contributed by atoms with Gasteiger partial charge in [0.05, 0.1) is 0 Å². The lowest BCUT2D eigenvalue weighted by molar-refractivity contribution is 0.0879. The number of carbonyl (C=O) groups is 1. The SMILES string of the molecule is CS(=O)(=O)C(N)[C@H]1C[C@@H](NC(=O)c2cc(-c3ccccc3)on2)C1. The van der Waals surface area contributed by atoms with Gasteiger partial charge in [0.1, 0.15) is 5.37 Å². The Morgan fingerprint density at radius 1 is 1.33 bits per heavy atom. The molecule has 0 saturated heterocycles. The Morgan fingerprint density at radius 3 is 2.62 bits per heavy atom. The molecular weight excluding hydrogens is 330 g/mol. The van der Waals surface area contributed by atoms with E-state index in [-0.39, 0.29) is 23.6 Å². The van der Waals surface area contributed by atoms with E-state index in [2.05, 4.69) is 10.5 Å². The molecule has 2 aromatic rings. The summed E-state index contributed by atoms with van der Waals surface area (Å²) in [6.45, 7) is 0. The van der Waals surface area contributed by atoms with E-state index in [9.17, 15) is 13.2 Å². The number of nitrogens with one attached hydrogen (secondary N) is 1. The number of benzene rings is 1. The van der Waals surface area contributed by atoms with E-state index in [4.69, 9.17) is 10.3 Å². The molecule has 3 N–H and O–H groups in total. The first kappa shape index (κ1) is 16.7. The summed E-state index contributed by atoms with van der Waals surface area (Å²) in [7, 11) is -3.26. The zero-order chi connectivity index (χ0) is 17.3. The topological polar surface area (TPSA) is 115 Å². The third-order valence-electron chi connectivity index (χ3n) is 4.27. The molecule has 8 heteroatoms. The molecule has 1 unspecified atom stereocenters. The molecule has 1 aliphatic rings. The van der Waals surface area contributed by atoms with Crippen LogP contribution in [-0.2, 0) is 9.84 Å². The zero-order valence-corrected chi connectivity index (χ0v) is 14.0. The van der Waals surface area contributed by atoms with Crippen LogP contribution in [0.4, 0.5) is 0 Å². The van der Waals surface area contributed by atoms with E-state index in [0.717, 1.165) is 11.8 Å². The largest absolute Gasteiger partial charge is 0.355 e. The molecule has 0 bridgehead atoms. The van der Waals surface area contributed by atoms with Crippen LogP contribution >= 0.6 is 0 Å². The van der Waals surface area contributed by atoms with Crippen LogP contribution < -0.4 is 11.1 Å². The van der Waals surface area contributed by atoms with Crippen LogP contribution in [0.3, 0.4) is 0 Å². The first-order valence-electron chi connectivity index (χ1n) is 7.62. The van der Waals surface area contributed by atoms with Crippen molar-refractivity contribution in [3.05, 3.63) is 42.1 Å². The second-order valence-corrected chi connectivity index (χ2v) is 8.34. The number of nitrogens with zero attached hydrogens (tertiary/aromatic N) is 1. The van der Waals surface area contributed by atoms with Gasteiger partial charge in [0.2, 0.25) is 0 Å². The predicted molar refractivity (Wildman–Crippen MR) is 88.7 cm³/mol. The van der Waals surface area contributed by atoms with Crippen molar-refractivity contribution in [2.75, 3.05) is 6.26 Å². The van der Waals surface area contributed by atoms with Gasteiger partial charge in [-0.25, -0.2) is 8.42 Å². The van der Waals surface area contributed by atoms with Gasteiger partial charge in [-0.3, -0.25) is 4.79 Å². The van der Waals surface area contributed by atoms with Crippen molar-refractivity contribution in [3.8, 4) is 11.3 Å². The third-order valence-corrected chi connectivity index (χ3v) is 5.64. The monoisotopic (exact) mass is 349 g/mol. The predicted octanol–water partition coefficient (Wildman–Crippen LogP) is 1.18. The summed E-state index contributed by atoms with van der Waals surface area (Å²) in [5.41, 5.74) is 6.74. The van der Waals surface area contributed by atoms with Crippen LogP contribution in [0.15, 0.2) is 40.9 Å². The minimum absolute atomic E-state index is 0.0906. The van der Waals surface area contributed by atoms with Crippen molar-refractivity contribution < 1.29 is 17.7 Å². The number of sulfone groups is 1. The van der Waals surface area contributed by atoms with E-state index >= 15 is 0 Å². The summed E-state index contributed by atoms with van der Waals surface area (Å²) >= 11 is 0. The van der Waals surface area contributed by atoms with Crippen molar-refractivity contribution >= 4 is 15.7 Å². The summed E-state index contributed by atoms with van der Waals surface area (Å²) < 4.78 is 28.0.